The molecule has 1 N–H and O–H groups in total. The highest BCUT2D eigenvalue weighted by Crippen LogP contribution is 2.31. The SMILES string of the molecule is CCCN(c1cc(-c2cc(F)c(Cl)c(F)c2)nc2cc(C(=O)N3CC[C@@H](CC(=O)O)[C@@H](C)C3)nn12)C(C)C. The van der Waals surface area contributed by atoms with Crippen LogP contribution in [0.3, 0.4) is 0 Å². The van der Waals surface area contributed by atoms with E-state index in [9.17, 15) is 18.4 Å². The molecule has 0 saturated carbocycles. The summed E-state index contributed by atoms with van der Waals surface area (Å²) in [6.45, 7) is 9.63. The standard InChI is InChI=1S/C27H32ClF2N5O3/c1-5-7-34(15(2)3)24-13-21(18-9-19(29)26(28)20(30)10-18)31-23-12-22(32-35(23)24)27(38)33-8-6-17(11-25(36)37)16(4)14-33/h9-10,12-13,15-17H,5-8,11,14H2,1-4H3,(H,36,37)/t16-,17-/m0/s1. The van der Waals surface area contributed by atoms with Gasteiger partial charge < -0.3 is 14.9 Å². The van der Waals surface area contributed by atoms with Gasteiger partial charge in [-0.25, -0.2) is 13.8 Å². The van der Waals surface area contributed by atoms with Crippen LogP contribution in [0.1, 0.15) is 57.4 Å². The second-order valence-corrected chi connectivity index (χ2v) is 10.6. The fourth-order valence-electron chi connectivity index (χ4n) is 5.07. The van der Waals surface area contributed by atoms with E-state index in [-0.39, 0.29) is 41.5 Å². The minimum absolute atomic E-state index is 0.0160. The van der Waals surface area contributed by atoms with Gasteiger partial charge in [-0.15, -0.1) is 0 Å². The molecule has 4 rings (SSSR count). The van der Waals surface area contributed by atoms with Gasteiger partial charge in [0.25, 0.3) is 5.91 Å². The Morgan fingerprint density at radius 3 is 2.47 bits per heavy atom. The van der Waals surface area contributed by atoms with Crippen LogP contribution in [0.2, 0.25) is 5.02 Å². The summed E-state index contributed by atoms with van der Waals surface area (Å²) in [4.78, 5) is 33.0. The predicted octanol–water partition coefficient (Wildman–Crippen LogP) is 5.53. The van der Waals surface area contributed by atoms with E-state index in [1.54, 1.807) is 21.5 Å². The lowest BCUT2D eigenvalue weighted by Gasteiger charge is -2.36. The van der Waals surface area contributed by atoms with Crippen molar-refractivity contribution in [1.82, 2.24) is 19.5 Å². The number of carboxylic acids is 1. The topological polar surface area (TPSA) is 91.0 Å². The Labute approximate surface area is 225 Å². The lowest BCUT2D eigenvalue weighted by atomic mass is 9.84. The van der Waals surface area contributed by atoms with Gasteiger partial charge >= 0.3 is 5.97 Å². The molecule has 204 valence electrons. The summed E-state index contributed by atoms with van der Waals surface area (Å²) in [5.74, 6) is -2.17. The Kier molecular flexibility index (Phi) is 8.20. The van der Waals surface area contributed by atoms with Crippen molar-refractivity contribution in [2.75, 3.05) is 24.5 Å². The lowest BCUT2D eigenvalue weighted by molar-refractivity contribution is -0.138. The third-order valence-corrected chi connectivity index (χ3v) is 7.46. The summed E-state index contributed by atoms with van der Waals surface area (Å²) in [5, 5.41) is 13.2. The quantitative estimate of drug-likeness (QED) is 0.373. The van der Waals surface area contributed by atoms with E-state index in [4.69, 9.17) is 16.7 Å². The van der Waals surface area contributed by atoms with Crippen molar-refractivity contribution < 1.29 is 23.5 Å². The van der Waals surface area contributed by atoms with E-state index in [0.717, 1.165) is 18.6 Å². The monoisotopic (exact) mass is 547 g/mol. The second-order valence-electron chi connectivity index (χ2n) is 10.2. The fourth-order valence-corrected chi connectivity index (χ4v) is 5.17. The number of halogens is 3. The molecule has 0 radical (unpaired) electrons. The molecule has 3 aromatic rings. The number of benzene rings is 1. The van der Waals surface area contributed by atoms with Gasteiger partial charge in [-0.05, 0) is 50.7 Å². The highest BCUT2D eigenvalue weighted by atomic mass is 35.5. The minimum Gasteiger partial charge on any atom is -0.481 e. The molecule has 0 aliphatic carbocycles. The molecular formula is C27H32ClF2N5O3. The number of aromatic nitrogens is 3. The van der Waals surface area contributed by atoms with Gasteiger partial charge in [0.15, 0.2) is 11.3 Å². The number of nitrogens with zero attached hydrogens (tertiary/aromatic N) is 5. The number of piperidine rings is 1. The number of likely N-dealkylation sites (tertiary alicyclic amines) is 1. The number of rotatable bonds is 8. The van der Waals surface area contributed by atoms with Crippen molar-refractivity contribution in [3.8, 4) is 11.3 Å². The van der Waals surface area contributed by atoms with Crippen LogP contribution in [0.4, 0.5) is 14.6 Å². The van der Waals surface area contributed by atoms with Crippen molar-refractivity contribution >= 4 is 34.9 Å². The van der Waals surface area contributed by atoms with Gasteiger partial charge in [0, 0.05) is 49.8 Å². The van der Waals surface area contributed by atoms with Crippen LogP contribution in [0, 0.1) is 23.5 Å². The first-order valence-corrected chi connectivity index (χ1v) is 13.2. The molecule has 1 aliphatic rings. The number of carbonyl (C=O) groups excluding carboxylic acids is 1. The van der Waals surface area contributed by atoms with E-state index in [0.29, 0.717) is 43.2 Å². The van der Waals surface area contributed by atoms with Gasteiger partial charge in [0.2, 0.25) is 0 Å². The molecule has 1 saturated heterocycles. The molecule has 11 heteroatoms. The molecular weight excluding hydrogens is 516 g/mol. The van der Waals surface area contributed by atoms with Gasteiger partial charge in [0.05, 0.1) is 5.69 Å². The zero-order valence-corrected chi connectivity index (χ0v) is 22.7. The highest BCUT2D eigenvalue weighted by Gasteiger charge is 2.32. The Morgan fingerprint density at radius 2 is 1.89 bits per heavy atom. The van der Waals surface area contributed by atoms with Crippen LogP contribution in [-0.4, -0.2) is 62.2 Å². The van der Waals surface area contributed by atoms with Crippen molar-refractivity contribution in [1.29, 1.82) is 0 Å². The van der Waals surface area contributed by atoms with Crippen molar-refractivity contribution in [3.63, 3.8) is 0 Å². The van der Waals surface area contributed by atoms with E-state index in [1.165, 1.54) is 0 Å². The van der Waals surface area contributed by atoms with Gasteiger partial charge in [-0.2, -0.15) is 9.61 Å². The summed E-state index contributed by atoms with van der Waals surface area (Å²) in [6, 6.07) is 5.64. The fraction of sp³-hybridized carbons (Fsp3) is 0.481. The number of hydrogen-bond donors (Lipinski definition) is 1. The number of carboxylic acid groups (broad SMARTS) is 1. The average Bonchev–Trinajstić information content (AvgIpc) is 3.29. The van der Waals surface area contributed by atoms with Gasteiger partial charge in [0.1, 0.15) is 22.5 Å². The molecule has 8 nitrogen and oxygen atoms in total. The summed E-state index contributed by atoms with van der Waals surface area (Å²) < 4.78 is 30.2. The van der Waals surface area contributed by atoms with Crippen LogP contribution in [0.5, 0.6) is 0 Å². The number of fused-ring (bicyclic) bond motifs is 1. The third-order valence-electron chi connectivity index (χ3n) is 7.10. The number of anilines is 1. The smallest absolute Gasteiger partial charge is 0.303 e. The van der Waals surface area contributed by atoms with Crippen LogP contribution in [0.15, 0.2) is 24.3 Å². The Hall–Kier alpha value is -3.27. The van der Waals surface area contributed by atoms with E-state index >= 15 is 0 Å². The van der Waals surface area contributed by atoms with Crippen molar-refractivity contribution in [3.05, 3.63) is 46.6 Å². The molecule has 0 spiro atoms. The predicted molar refractivity (Wildman–Crippen MR) is 142 cm³/mol. The number of carbonyl (C=O) groups is 2. The normalized spacial score (nSPS) is 17.8. The summed E-state index contributed by atoms with van der Waals surface area (Å²) in [5.41, 5.74) is 1.11. The van der Waals surface area contributed by atoms with Gasteiger partial charge in [-0.1, -0.05) is 25.4 Å². The maximum absolute atomic E-state index is 14.3. The van der Waals surface area contributed by atoms with Crippen LogP contribution in [-0.2, 0) is 4.79 Å². The summed E-state index contributed by atoms with van der Waals surface area (Å²) >= 11 is 5.69. The van der Waals surface area contributed by atoms with E-state index in [1.807, 2.05) is 27.7 Å². The van der Waals surface area contributed by atoms with E-state index in [2.05, 4.69) is 15.0 Å². The lowest BCUT2D eigenvalue weighted by Crippen LogP contribution is -2.43. The molecule has 1 aliphatic heterocycles. The van der Waals surface area contributed by atoms with Crippen LogP contribution in [0.25, 0.3) is 16.9 Å². The van der Waals surface area contributed by atoms with Crippen LogP contribution >= 0.6 is 11.6 Å². The zero-order valence-electron chi connectivity index (χ0n) is 21.9. The number of aliphatic carboxylic acids is 1. The molecule has 1 fully saturated rings. The minimum atomic E-state index is -0.885. The average molecular weight is 548 g/mol. The zero-order chi connectivity index (χ0) is 27.7. The molecule has 0 bridgehead atoms. The summed E-state index contributed by atoms with van der Waals surface area (Å²) in [6.07, 6.45) is 1.53. The largest absolute Gasteiger partial charge is 0.481 e. The van der Waals surface area contributed by atoms with E-state index < -0.39 is 22.6 Å². The maximum Gasteiger partial charge on any atom is 0.303 e. The third kappa shape index (κ3) is 5.60. The summed E-state index contributed by atoms with van der Waals surface area (Å²) in [7, 11) is 0. The first-order valence-electron chi connectivity index (χ1n) is 12.8. The molecule has 38 heavy (non-hydrogen) atoms. The van der Waals surface area contributed by atoms with Crippen molar-refractivity contribution in [2.45, 2.75) is 53.0 Å². The molecule has 0 unspecified atom stereocenters. The van der Waals surface area contributed by atoms with Gasteiger partial charge in [-0.3, -0.25) is 9.59 Å². The second kappa shape index (κ2) is 11.2. The molecule has 1 amide bonds. The van der Waals surface area contributed by atoms with Crippen LogP contribution < -0.4 is 4.90 Å². The first kappa shape index (κ1) is 27.8. The number of amides is 1. The highest BCUT2D eigenvalue weighted by molar-refractivity contribution is 6.31. The molecule has 1 aromatic carbocycles. The Morgan fingerprint density at radius 1 is 1.21 bits per heavy atom. The maximum atomic E-state index is 14.3. The van der Waals surface area contributed by atoms with Crippen molar-refractivity contribution in [2.24, 2.45) is 11.8 Å². The molecule has 3 heterocycles. The molecule has 2 atom stereocenters. The number of hydrogen-bond acceptors (Lipinski definition) is 5. The Balaban J connectivity index is 1.76. The first-order chi connectivity index (χ1) is 18.0. The Bertz CT molecular complexity index is 1340. The molecule has 2 aromatic heterocycles.